The molecule has 0 fully saturated rings. The smallest absolute Gasteiger partial charge is 0.312 e. The van der Waals surface area contributed by atoms with Crippen LogP contribution in [0.15, 0.2) is 23.1 Å². The molecule has 0 amide bonds. The number of benzene rings is 1. The van der Waals surface area contributed by atoms with Gasteiger partial charge in [-0.2, -0.15) is 4.31 Å². The van der Waals surface area contributed by atoms with Gasteiger partial charge in [-0.25, -0.2) is 8.42 Å². The average Bonchev–Trinajstić information content (AvgIpc) is 2.37. The second kappa shape index (κ2) is 5.37. The summed E-state index contributed by atoms with van der Waals surface area (Å²) in [5.74, 6) is -0.564. The fraction of sp³-hybridized carbons (Fsp3) is 0.500. The summed E-state index contributed by atoms with van der Waals surface area (Å²) in [6.45, 7) is 5.38. The number of nitro groups is 1. The van der Waals surface area contributed by atoms with Crippen molar-refractivity contribution in [3.63, 3.8) is 0 Å². The van der Waals surface area contributed by atoms with E-state index in [2.05, 4.69) is 0 Å². The normalized spacial score (nSPS) is 12.7. The standard InChI is InChI=1S/C12H18N2O5S/c1-5-12(2,3)13(4)20(18,19)9-6-7-11(15)10(8-9)14(16)17/h6-8,15H,5H2,1-4H3. The van der Waals surface area contributed by atoms with Crippen LogP contribution in [0.25, 0.3) is 0 Å². The van der Waals surface area contributed by atoms with Crippen LogP contribution in [0.4, 0.5) is 5.69 Å². The third-order valence-electron chi connectivity index (χ3n) is 3.52. The lowest BCUT2D eigenvalue weighted by Crippen LogP contribution is -2.44. The van der Waals surface area contributed by atoms with E-state index in [-0.39, 0.29) is 4.90 Å². The van der Waals surface area contributed by atoms with E-state index in [4.69, 9.17) is 0 Å². The molecule has 0 atom stereocenters. The first-order valence-electron chi connectivity index (χ1n) is 6.00. The van der Waals surface area contributed by atoms with Crippen molar-refractivity contribution in [3.05, 3.63) is 28.3 Å². The lowest BCUT2D eigenvalue weighted by atomic mass is 10.0. The number of sulfonamides is 1. The summed E-state index contributed by atoms with van der Waals surface area (Å²) in [6.07, 6.45) is 0.586. The molecule has 0 saturated carbocycles. The summed E-state index contributed by atoms with van der Waals surface area (Å²) < 4.78 is 26.1. The number of aromatic hydroxyl groups is 1. The highest BCUT2D eigenvalue weighted by molar-refractivity contribution is 7.89. The molecule has 0 unspecified atom stereocenters. The summed E-state index contributed by atoms with van der Waals surface area (Å²) >= 11 is 0. The van der Waals surface area contributed by atoms with Gasteiger partial charge in [-0.15, -0.1) is 0 Å². The van der Waals surface area contributed by atoms with Crippen LogP contribution in [0.5, 0.6) is 5.75 Å². The molecular formula is C12H18N2O5S. The molecule has 112 valence electrons. The molecule has 1 aromatic rings. The fourth-order valence-electron chi connectivity index (χ4n) is 1.52. The van der Waals surface area contributed by atoms with Crippen LogP contribution >= 0.6 is 0 Å². The maximum Gasteiger partial charge on any atom is 0.312 e. The van der Waals surface area contributed by atoms with E-state index in [1.807, 2.05) is 6.92 Å². The molecular weight excluding hydrogens is 284 g/mol. The third-order valence-corrected chi connectivity index (χ3v) is 5.58. The van der Waals surface area contributed by atoms with Crippen molar-refractivity contribution < 1.29 is 18.4 Å². The minimum atomic E-state index is -3.86. The summed E-state index contributed by atoms with van der Waals surface area (Å²) in [5.41, 5.74) is -1.25. The predicted octanol–water partition coefficient (Wildman–Crippen LogP) is 2.11. The summed E-state index contributed by atoms with van der Waals surface area (Å²) in [7, 11) is -2.44. The van der Waals surface area contributed by atoms with Gasteiger partial charge in [0.15, 0.2) is 5.75 Å². The highest BCUT2D eigenvalue weighted by atomic mass is 32.2. The zero-order valence-corrected chi connectivity index (χ0v) is 12.6. The van der Waals surface area contributed by atoms with Crippen molar-refractivity contribution in [1.29, 1.82) is 0 Å². The number of nitro benzene ring substituents is 1. The van der Waals surface area contributed by atoms with Gasteiger partial charge in [-0.05, 0) is 32.4 Å². The lowest BCUT2D eigenvalue weighted by molar-refractivity contribution is -0.386. The van der Waals surface area contributed by atoms with Crippen LogP contribution in [0.3, 0.4) is 0 Å². The van der Waals surface area contributed by atoms with Crippen molar-refractivity contribution in [2.45, 2.75) is 37.6 Å². The molecule has 0 aliphatic rings. The average molecular weight is 302 g/mol. The summed E-state index contributed by atoms with van der Waals surface area (Å²) in [5, 5.41) is 20.1. The van der Waals surface area contributed by atoms with E-state index in [0.29, 0.717) is 6.42 Å². The van der Waals surface area contributed by atoms with Gasteiger partial charge in [0, 0.05) is 18.7 Å². The Labute approximate surface area is 118 Å². The second-order valence-corrected chi connectivity index (χ2v) is 7.02. The number of phenols is 1. The van der Waals surface area contributed by atoms with Crippen LogP contribution < -0.4 is 0 Å². The Morgan fingerprint density at radius 2 is 1.95 bits per heavy atom. The number of rotatable bonds is 5. The van der Waals surface area contributed by atoms with Crippen LogP contribution in [0.2, 0.25) is 0 Å². The minimum Gasteiger partial charge on any atom is -0.502 e. The largest absolute Gasteiger partial charge is 0.502 e. The van der Waals surface area contributed by atoms with E-state index in [1.165, 1.54) is 11.4 Å². The molecule has 0 bridgehead atoms. The minimum absolute atomic E-state index is 0.217. The first-order valence-corrected chi connectivity index (χ1v) is 7.44. The van der Waals surface area contributed by atoms with Crippen LogP contribution in [-0.4, -0.2) is 35.3 Å². The van der Waals surface area contributed by atoms with E-state index in [1.54, 1.807) is 13.8 Å². The first-order chi connectivity index (χ1) is 9.04. The Kier molecular flexibility index (Phi) is 4.40. The first kappa shape index (κ1) is 16.4. The SMILES string of the molecule is CCC(C)(C)N(C)S(=O)(=O)c1ccc(O)c([N+](=O)[O-])c1. The Hall–Kier alpha value is -1.67. The Morgan fingerprint density at radius 3 is 2.40 bits per heavy atom. The second-order valence-electron chi connectivity index (χ2n) is 5.05. The zero-order valence-electron chi connectivity index (χ0n) is 11.8. The highest BCUT2D eigenvalue weighted by Gasteiger charge is 2.33. The quantitative estimate of drug-likeness (QED) is 0.663. The number of hydrogen-bond acceptors (Lipinski definition) is 5. The maximum atomic E-state index is 12.4. The molecule has 0 aromatic heterocycles. The molecule has 0 heterocycles. The van der Waals surface area contributed by atoms with Gasteiger partial charge in [-0.3, -0.25) is 10.1 Å². The van der Waals surface area contributed by atoms with Crippen molar-refractivity contribution in [2.24, 2.45) is 0 Å². The van der Waals surface area contributed by atoms with Crippen LogP contribution in [0.1, 0.15) is 27.2 Å². The lowest BCUT2D eigenvalue weighted by Gasteiger charge is -2.33. The topological polar surface area (TPSA) is 101 Å². The monoisotopic (exact) mass is 302 g/mol. The van der Waals surface area contributed by atoms with Gasteiger partial charge in [-0.1, -0.05) is 6.92 Å². The van der Waals surface area contributed by atoms with Gasteiger partial charge < -0.3 is 5.11 Å². The number of hydrogen-bond donors (Lipinski definition) is 1. The summed E-state index contributed by atoms with van der Waals surface area (Å²) in [6, 6.07) is 3.03. The summed E-state index contributed by atoms with van der Waals surface area (Å²) in [4.78, 5) is 9.72. The highest BCUT2D eigenvalue weighted by Crippen LogP contribution is 2.31. The molecule has 0 spiro atoms. The number of nitrogens with zero attached hydrogens (tertiary/aromatic N) is 2. The Bertz CT molecular complexity index is 625. The van der Waals surface area contributed by atoms with Crippen molar-refractivity contribution in [1.82, 2.24) is 4.31 Å². The molecule has 1 rings (SSSR count). The van der Waals surface area contributed by atoms with Gasteiger partial charge in [0.25, 0.3) is 0 Å². The van der Waals surface area contributed by atoms with Crippen molar-refractivity contribution >= 4 is 15.7 Å². The predicted molar refractivity (Wildman–Crippen MR) is 74.1 cm³/mol. The molecule has 1 N–H and O–H groups in total. The van der Waals surface area contributed by atoms with Crippen molar-refractivity contribution in [2.75, 3.05) is 7.05 Å². The van der Waals surface area contributed by atoms with Gasteiger partial charge in [0.1, 0.15) is 0 Å². The van der Waals surface area contributed by atoms with Crippen LogP contribution in [0, 0.1) is 10.1 Å². The molecule has 0 aliphatic heterocycles. The van der Waals surface area contributed by atoms with E-state index in [9.17, 15) is 23.6 Å². The fourth-order valence-corrected chi connectivity index (χ4v) is 3.11. The number of phenolic OH excluding ortho intramolecular Hbond substituents is 1. The molecule has 7 nitrogen and oxygen atoms in total. The van der Waals surface area contributed by atoms with E-state index < -0.39 is 31.9 Å². The molecule has 1 aromatic carbocycles. The Morgan fingerprint density at radius 1 is 1.40 bits per heavy atom. The van der Waals surface area contributed by atoms with E-state index >= 15 is 0 Å². The molecule has 0 aliphatic carbocycles. The molecule has 0 radical (unpaired) electrons. The van der Waals surface area contributed by atoms with Gasteiger partial charge >= 0.3 is 5.69 Å². The molecule has 20 heavy (non-hydrogen) atoms. The van der Waals surface area contributed by atoms with Gasteiger partial charge in [0.05, 0.1) is 9.82 Å². The maximum absolute atomic E-state index is 12.4. The van der Waals surface area contributed by atoms with Crippen molar-refractivity contribution in [3.8, 4) is 5.75 Å². The van der Waals surface area contributed by atoms with Gasteiger partial charge in [0.2, 0.25) is 10.0 Å². The molecule has 0 saturated heterocycles. The Balaban J connectivity index is 3.37. The molecule has 8 heteroatoms. The van der Waals surface area contributed by atoms with E-state index in [0.717, 1.165) is 18.2 Å². The zero-order chi connectivity index (χ0) is 15.7. The third kappa shape index (κ3) is 2.91. The van der Waals surface area contributed by atoms with Crippen LogP contribution in [-0.2, 0) is 10.0 Å².